The number of carbonyl (C=O) groups is 1. The minimum absolute atomic E-state index is 0.107. The second kappa shape index (κ2) is 7.51. The Balaban J connectivity index is 2.43. The van der Waals surface area contributed by atoms with Crippen molar-refractivity contribution in [2.24, 2.45) is 14.1 Å². The highest BCUT2D eigenvalue weighted by Crippen LogP contribution is 2.18. The molecule has 0 aliphatic carbocycles. The molecule has 1 aromatic heterocycles. The number of carbonyl (C=O) groups excluding carboxylic acids is 1. The molecule has 0 aliphatic heterocycles. The van der Waals surface area contributed by atoms with Gasteiger partial charge in [-0.05, 0) is 38.5 Å². The van der Waals surface area contributed by atoms with E-state index in [4.69, 9.17) is 0 Å². The Kier molecular flexibility index (Phi) is 5.86. The van der Waals surface area contributed by atoms with E-state index in [-0.39, 0.29) is 16.8 Å². The quantitative estimate of drug-likeness (QED) is 0.730. The number of fused-ring (bicyclic) bond motifs is 1. The fourth-order valence-corrected chi connectivity index (χ4v) is 3.86. The molecule has 0 saturated heterocycles. The van der Waals surface area contributed by atoms with Gasteiger partial charge in [-0.15, -0.1) is 0 Å². The van der Waals surface area contributed by atoms with Crippen LogP contribution in [-0.2, 0) is 28.9 Å². The molecule has 0 aliphatic rings. The van der Waals surface area contributed by atoms with Gasteiger partial charge in [0.05, 0.1) is 22.3 Å². The molecule has 0 atom stereocenters. The second-order valence-electron chi connectivity index (χ2n) is 7.43. The number of sulfonamides is 1. The van der Waals surface area contributed by atoms with Crippen LogP contribution >= 0.6 is 0 Å². The van der Waals surface area contributed by atoms with Gasteiger partial charge in [0.2, 0.25) is 15.9 Å². The normalized spacial score (nSPS) is 12.5. The zero-order chi connectivity index (χ0) is 21.4. The first-order chi connectivity index (χ1) is 12.8. The Morgan fingerprint density at radius 2 is 1.79 bits per heavy atom. The van der Waals surface area contributed by atoms with Crippen molar-refractivity contribution < 1.29 is 13.2 Å². The Hall–Kier alpha value is -2.46. The standard InChI is InChI=1S/C18H26N4O5S/c1-7-18(2,3)19-15(23)11-20(4)28(26,27)12-8-9-14-13(10-12)16(24)22(6)17(25)21(14)5/h8-10H,7,11H2,1-6H3,(H,19,23). The molecule has 1 heterocycles. The maximum Gasteiger partial charge on any atom is 0.330 e. The van der Waals surface area contributed by atoms with Gasteiger partial charge in [-0.25, -0.2) is 13.2 Å². The van der Waals surface area contributed by atoms with Crippen LogP contribution in [0.2, 0.25) is 0 Å². The number of rotatable bonds is 6. The molecule has 0 unspecified atom stereocenters. The number of amides is 1. The van der Waals surface area contributed by atoms with Crippen molar-refractivity contribution in [1.29, 1.82) is 0 Å². The van der Waals surface area contributed by atoms with Crippen molar-refractivity contribution in [2.45, 2.75) is 37.6 Å². The summed E-state index contributed by atoms with van der Waals surface area (Å²) in [5.74, 6) is -0.419. The molecule has 154 valence electrons. The summed E-state index contributed by atoms with van der Waals surface area (Å²) < 4.78 is 28.9. The van der Waals surface area contributed by atoms with E-state index in [1.165, 1.54) is 43.9 Å². The third kappa shape index (κ3) is 4.02. The van der Waals surface area contributed by atoms with Crippen LogP contribution in [0.5, 0.6) is 0 Å². The van der Waals surface area contributed by atoms with Crippen LogP contribution in [0.25, 0.3) is 10.9 Å². The van der Waals surface area contributed by atoms with Crippen LogP contribution in [0.15, 0.2) is 32.7 Å². The van der Waals surface area contributed by atoms with E-state index in [1.54, 1.807) is 0 Å². The lowest BCUT2D eigenvalue weighted by Crippen LogP contribution is -2.47. The third-order valence-corrected chi connectivity index (χ3v) is 6.67. The van der Waals surface area contributed by atoms with E-state index >= 15 is 0 Å². The monoisotopic (exact) mass is 410 g/mol. The first-order valence-electron chi connectivity index (χ1n) is 8.79. The Labute approximate surface area is 163 Å². The lowest BCUT2D eigenvalue weighted by molar-refractivity contribution is -0.122. The highest BCUT2D eigenvalue weighted by molar-refractivity contribution is 7.89. The van der Waals surface area contributed by atoms with Crippen molar-refractivity contribution >= 4 is 26.8 Å². The lowest BCUT2D eigenvalue weighted by Gasteiger charge is -2.26. The minimum Gasteiger partial charge on any atom is -0.350 e. The van der Waals surface area contributed by atoms with Crippen molar-refractivity contribution in [1.82, 2.24) is 18.8 Å². The Morgan fingerprint density at radius 1 is 1.18 bits per heavy atom. The van der Waals surface area contributed by atoms with E-state index in [9.17, 15) is 22.8 Å². The van der Waals surface area contributed by atoms with Crippen LogP contribution in [0.3, 0.4) is 0 Å². The molecular weight excluding hydrogens is 384 g/mol. The fourth-order valence-electron chi connectivity index (χ4n) is 2.71. The summed E-state index contributed by atoms with van der Waals surface area (Å²) in [5.41, 5.74) is -1.19. The van der Waals surface area contributed by atoms with Gasteiger partial charge in [-0.1, -0.05) is 6.92 Å². The van der Waals surface area contributed by atoms with E-state index in [0.717, 1.165) is 8.87 Å². The van der Waals surface area contributed by atoms with Crippen LogP contribution in [0.1, 0.15) is 27.2 Å². The topological polar surface area (TPSA) is 110 Å². The highest BCUT2D eigenvalue weighted by atomic mass is 32.2. The first kappa shape index (κ1) is 21.8. The number of benzene rings is 1. The average molecular weight is 410 g/mol. The van der Waals surface area contributed by atoms with Crippen LogP contribution < -0.4 is 16.6 Å². The second-order valence-corrected chi connectivity index (χ2v) is 9.48. The first-order valence-corrected chi connectivity index (χ1v) is 10.2. The molecule has 1 amide bonds. The fraction of sp³-hybridized carbons (Fsp3) is 0.500. The predicted molar refractivity (Wildman–Crippen MR) is 107 cm³/mol. The SMILES string of the molecule is CCC(C)(C)NC(=O)CN(C)S(=O)(=O)c1ccc2c(c1)c(=O)n(C)c(=O)n2C. The van der Waals surface area contributed by atoms with Crippen molar-refractivity contribution in [2.75, 3.05) is 13.6 Å². The number of aromatic nitrogens is 2. The number of likely N-dealkylation sites (N-methyl/N-ethyl adjacent to an activating group) is 1. The van der Waals surface area contributed by atoms with Gasteiger partial charge in [0.15, 0.2) is 0 Å². The smallest absolute Gasteiger partial charge is 0.330 e. The van der Waals surface area contributed by atoms with E-state index in [0.29, 0.717) is 11.9 Å². The lowest BCUT2D eigenvalue weighted by atomic mass is 10.0. The molecule has 28 heavy (non-hydrogen) atoms. The number of hydrogen-bond donors (Lipinski definition) is 1. The van der Waals surface area contributed by atoms with Gasteiger partial charge in [0.25, 0.3) is 5.56 Å². The summed E-state index contributed by atoms with van der Waals surface area (Å²) in [4.78, 5) is 36.5. The van der Waals surface area contributed by atoms with Gasteiger partial charge in [0, 0.05) is 26.7 Å². The van der Waals surface area contributed by atoms with E-state index < -0.39 is 32.7 Å². The minimum atomic E-state index is -4.00. The summed E-state index contributed by atoms with van der Waals surface area (Å²) >= 11 is 0. The van der Waals surface area contributed by atoms with Gasteiger partial charge >= 0.3 is 5.69 Å². The van der Waals surface area contributed by atoms with Crippen LogP contribution in [0, 0.1) is 0 Å². The van der Waals surface area contributed by atoms with Crippen LogP contribution in [-0.4, -0.2) is 46.9 Å². The Morgan fingerprint density at radius 3 is 2.36 bits per heavy atom. The van der Waals surface area contributed by atoms with Gasteiger partial charge in [-0.3, -0.25) is 18.7 Å². The van der Waals surface area contributed by atoms with Crippen molar-refractivity contribution in [3.8, 4) is 0 Å². The Bertz CT molecular complexity index is 1150. The molecule has 0 spiro atoms. The number of nitrogens with one attached hydrogen (secondary N) is 1. The molecule has 1 aromatic carbocycles. The average Bonchev–Trinajstić information content (AvgIpc) is 2.63. The molecule has 0 radical (unpaired) electrons. The highest BCUT2D eigenvalue weighted by Gasteiger charge is 2.26. The zero-order valence-electron chi connectivity index (χ0n) is 16.9. The molecule has 10 heteroatoms. The molecule has 0 saturated carbocycles. The van der Waals surface area contributed by atoms with Crippen molar-refractivity contribution in [3.05, 3.63) is 39.0 Å². The van der Waals surface area contributed by atoms with Gasteiger partial charge in [-0.2, -0.15) is 4.31 Å². The van der Waals surface area contributed by atoms with Crippen molar-refractivity contribution in [3.63, 3.8) is 0 Å². The zero-order valence-corrected chi connectivity index (χ0v) is 17.8. The molecule has 0 fully saturated rings. The van der Waals surface area contributed by atoms with Gasteiger partial charge in [0.1, 0.15) is 0 Å². The summed E-state index contributed by atoms with van der Waals surface area (Å²) in [6.07, 6.45) is 0.696. The number of nitrogens with zero attached hydrogens (tertiary/aromatic N) is 3. The maximum absolute atomic E-state index is 12.9. The summed E-state index contributed by atoms with van der Waals surface area (Å²) in [6.45, 7) is 5.27. The summed E-state index contributed by atoms with van der Waals surface area (Å²) in [7, 11) is 0.134. The largest absolute Gasteiger partial charge is 0.350 e. The molecule has 2 aromatic rings. The molecule has 9 nitrogen and oxygen atoms in total. The molecule has 2 rings (SSSR count). The van der Waals surface area contributed by atoms with Crippen LogP contribution in [0.4, 0.5) is 0 Å². The molecule has 1 N–H and O–H groups in total. The summed E-state index contributed by atoms with van der Waals surface area (Å²) in [5, 5.41) is 2.89. The maximum atomic E-state index is 12.9. The summed E-state index contributed by atoms with van der Waals surface area (Å²) in [6, 6.07) is 3.97. The molecule has 0 bridgehead atoms. The van der Waals surface area contributed by atoms with E-state index in [2.05, 4.69) is 5.32 Å². The van der Waals surface area contributed by atoms with E-state index in [1.807, 2.05) is 20.8 Å². The number of hydrogen-bond acceptors (Lipinski definition) is 5. The third-order valence-electron chi connectivity index (χ3n) is 4.87. The predicted octanol–water partition coefficient (Wildman–Crippen LogP) is 0.163. The number of aryl methyl sites for hydroxylation is 1. The van der Waals surface area contributed by atoms with Gasteiger partial charge < -0.3 is 5.32 Å². The molecular formula is C18H26N4O5S.